The van der Waals surface area contributed by atoms with Crippen LogP contribution in [-0.4, -0.2) is 62.4 Å². The Morgan fingerprint density at radius 2 is 1.73 bits per heavy atom. The van der Waals surface area contributed by atoms with Crippen molar-refractivity contribution < 1.29 is 31.1 Å². The topological polar surface area (TPSA) is 79.0 Å². The molecule has 1 fully saturated rings. The molecule has 1 saturated heterocycles. The number of carbonyl (C=O) groups is 1. The van der Waals surface area contributed by atoms with Crippen molar-refractivity contribution in [3.63, 3.8) is 0 Å². The standard InChI is InChI=1S/C22H26F3N3O4S/c1-3-32-19-9-7-18(8-10-19)26-21(29)16(2)27-11-13-28(14-12-27)33(30,31)20-6-4-5-17(15-20)22(23,24)25/h4-10,15-16H,3,11-14H2,1-2H3,(H,26,29). The van der Waals surface area contributed by atoms with Gasteiger partial charge in [0.25, 0.3) is 0 Å². The number of ether oxygens (including phenoxy) is 1. The second kappa shape index (κ2) is 10.1. The highest BCUT2D eigenvalue weighted by molar-refractivity contribution is 7.89. The van der Waals surface area contributed by atoms with Gasteiger partial charge in [0.15, 0.2) is 0 Å². The van der Waals surface area contributed by atoms with Gasteiger partial charge < -0.3 is 10.1 Å². The monoisotopic (exact) mass is 485 g/mol. The van der Waals surface area contributed by atoms with Gasteiger partial charge in [0.2, 0.25) is 15.9 Å². The van der Waals surface area contributed by atoms with E-state index in [0.29, 0.717) is 24.1 Å². The number of nitrogens with zero attached hydrogens (tertiary/aromatic N) is 2. The molecule has 3 rings (SSSR count). The van der Waals surface area contributed by atoms with Crippen LogP contribution < -0.4 is 10.1 Å². The average Bonchev–Trinajstić information content (AvgIpc) is 2.79. The molecule has 1 unspecified atom stereocenters. The lowest BCUT2D eigenvalue weighted by Crippen LogP contribution is -2.53. The Kier molecular flexibility index (Phi) is 7.65. The number of hydrogen-bond acceptors (Lipinski definition) is 5. The van der Waals surface area contributed by atoms with E-state index in [4.69, 9.17) is 4.74 Å². The number of rotatable bonds is 7. The van der Waals surface area contributed by atoms with Gasteiger partial charge in [-0.05, 0) is 56.3 Å². The van der Waals surface area contributed by atoms with Crippen LogP contribution in [0.1, 0.15) is 19.4 Å². The third kappa shape index (κ3) is 6.04. The lowest BCUT2D eigenvalue weighted by atomic mass is 10.2. The van der Waals surface area contributed by atoms with Crippen molar-refractivity contribution in [2.75, 3.05) is 38.1 Å². The van der Waals surface area contributed by atoms with Crippen LogP contribution in [-0.2, 0) is 21.0 Å². The van der Waals surface area contributed by atoms with Crippen LogP contribution in [0.5, 0.6) is 5.75 Å². The number of nitrogens with one attached hydrogen (secondary N) is 1. The maximum Gasteiger partial charge on any atom is 0.416 e. The van der Waals surface area contributed by atoms with E-state index in [-0.39, 0.29) is 32.1 Å². The molecule has 0 radical (unpaired) electrons. The molecule has 2 aromatic carbocycles. The van der Waals surface area contributed by atoms with E-state index in [0.717, 1.165) is 22.5 Å². The van der Waals surface area contributed by atoms with Gasteiger partial charge in [-0.25, -0.2) is 8.42 Å². The number of benzene rings is 2. The number of amides is 1. The van der Waals surface area contributed by atoms with Gasteiger partial charge >= 0.3 is 6.18 Å². The predicted molar refractivity (Wildman–Crippen MR) is 117 cm³/mol. The summed E-state index contributed by atoms with van der Waals surface area (Å²) in [7, 11) is -4.08. The molecule has 0 bridgehead atoms. The number of alkyl halides is 3. The Labute approximate surface area is 191 Å². The molecule has 0 spiro atoms. The van der Waals surface area contributed by atoms with E-state index >= 15 is 0 Å². The van der Waals surface area contributed by atoms with Crippen molar-refractivity contribution in [3.8, 4) is 5.75 Å². The van der Waals surface area contributed by atoms with Gasteiger partial charge in [0.1, 0.15) is 5.75 Å². The highest BCUT2D eigenvalue weighted by Crippen LogP contribution is 2.31. The maximum atomic E-state index is 13.0. The van der Waals surface area contributed by atoms with Crippen LogP contribution in [0.3, 0.4) is 0 Å². The zero-order valence-electron chi connectivity index (χ0n) is 18.3. The highest BCUT2D eigenvalue weighted by atomic mass is 32.2. The molecular weight excluding hydrogens is 459 g/mol. The Bertz CT molecular complexity index is 1070. The molecule has 1 atom stereocenters. The number of piperazine rings is 1. The molecule has 180 valence electrons. The largest absolute Gasteiger partial charge is 0.494 e. The van der Waals surface area contributed by atoms with E-state index < -0.39 is 32.7 Å². The van der Waals surface area contributed by atoms with E-state index in [1.807, 2.05) is 11.8 Å². The Balaban J connectivity index is 1.60. The fraction of sp³-hybridized carbons (Fsp3) is 0.409. The lowest BCUT2D eigenvalue weighted by Gasteiger charge is -2.36. The van der Waals surface area contributed by atoms with Gasteiger partial charge in [0, 0.05) is 31.9 Å². The number of carbonyl (C=O) groups excluding carboxylic acids is 1. The summed E-state index contributed by atoms with van der Waals surface area (Å²) in [4.78, 5) is 14.1. The van der Waals surface area contributed by atoms with Crippen LogP contribution in [0.2, 0.25) is 0 Å². The fourth-order valence-electron chi connectivity index (χ4n) is 3.53. The second-order valence-electron chi connectivity index (χ2n) is 7.59. The van der Waals surface area contributed by atoms with E-state index in [2.05, 4.69) is 5.32 Å². The minimum absolute atomic E-state index is 0.0687. The Hall–Kier alpha value is -2.63. The molecule has 2 aromatic rings. The van der Waals surface area contributed by atoms with E-state index in [1.165, 1.54) is 0 Å². The molecular formula is C22H26F3N3O4S. The van der Waals surface area contributed by atoms with Crippen molar-refractivity contribution in [1.29, 1.82) is 0 Å². The van der Waals surface area contributed by atoms with Crippen molar-refractivity contribution in [1.82, 2.24) is 9.21 Å². The number of sulfonamides is 1. The normalized spacial score (nSPS) is 16.9. The molecule has 1 aliphatic heterocycles. The molecule has 33 heavy (non-hydrogen) atoms. The molecule has 1 aliphatic rings. The zero-order valence-corrected chi connectivity index (χ0v) is 19.1. The average molecular weight is 486 g/mol. The van der Waals surface area contributed by atoms with Crippen LogP contribution in [0.15, 0.2) is 53.4 Å². The Morgan fingerprint density at radius 3 is 2.30 bits per heavy atom. The third-order valence-corrected chi connectivity index (χ3v) is 7.33. The summed E-state index contributed by atoms with van der Waals surface area (Å²) in [6.45, 7) is 4.83. The van der Waals surface area contributed by atoms with Crippen molar-refractivity contribution in [2.24, 2.45) is 0 Å². The zero-order chi connectivity index (χ0) is 24.2. The summed E-state index contributed by atoms with van der Waals surface area (Å²) in [6.07, 6.45) is -4.63. The van der Waals surface area contributed by atoms with Gasteiger partial charge in [0.05, 0.1) is 23.1 Å². The first kappa shape index (κ1) is 25.0. The molecule has 1 amide bonds. The summed E-state index contributed by atoms with van der Waals surface area (Å²) in [5.74, 6) is 0.454. The third-order valence-electron chi connectivity index (χ3n) is 5.43. The molecule has 0 aliphatic carbocycles. The first-order chi connectivity index (χ1) is 15.5. The first-order valence-corrected chi connectivity index (χ1v) is 11.9. The predicted octanol–water partition coefficient (Wildman–Crippen LogP) is 3.44. The Morgan fingerprint density at radius 1 is 1.09 bits per heavy atom. The summed E-state index contributed by atoms with van der Waals surface area (Å²) in [5, 5.41) is 2.82. The van der Waals surface area contributed by atoms with E-state index in [1.54, 1.807) is 31.2 Å². The molecule has 7 nitrogen and oxygen atoms in total. The minimum Gasteiger partial charge on any atom is -0.494 e. The SMILES string of the molecule is CCOc1ccc(NC(=O)C(C)N2CCN(S(=O)(=O)c3cccc(C(F)(F)F)c3)CC2)cc1. The molecule has 0 aromatic heterocycles. The first-order valence-electron chi connectivity index (χ1n) is 10.5. The van der Waals surface area contributed by atoms with Crippen molar-refractivity contribution >= 4 is 21.6 Å². The molecule has 0 saturated carbocycles. The summed E-state index contributed by atoms with van der Waals surface area (Å²) in [5.41, 5.74) is -0.400. The molecule has 1 heterocycles. The van der Waals surface area contributed by atoms with Crippen LogP contribution in [0.25, 0.3) is 0 Å². The summed E-state index contributed by atoms with van der Waals surface area (Å²) in [6, 6.07) is 10.2. The van der Waals surface area contributed by atoms with E-state index in [9.17, 15) is 26.4 Å². The highest BCUT2D eigenvalue weighted by Gasteiger charge is 2.35. The van der Waals surface area contributed by atoms with Gasteiger partial charge in [-0.1, -0.05) is 6.07 Å². The lowest BCUT2D eigenvalue weighted by molar-refractivity contribution is -0.137. The second-order valence-corrected chi connectivity index (χ2v) is 9.53. The molecule has 1 N–H and O–H groups in total. The molecule has 11 heteroatoms. The fourth-order valence-corrected chi connectivity index (χ4v) is 5.00. The van der Waals surface area contributed by atoms with Crippen LogP contribution >= 0.6 is 0 Å². The van der Waals surface area contributed by atoms with Crippen LogP contribution in [0.4, 0.5) is 18.9 Å². The van der Waals surface area contributed by atoms with Gasteiger partial charge in [-0.2, -0.15) is 17.5 Å². The number of anilines is 1. The summed E-state index contributed by atoms with van der Waals surface area (Å²) < 4.78 is 71.1. The van der Waals surface area contributed by atoms with Gasteiger partial charge in [-0.15, -0.1) is 0 Å². The minimum atomic E-state index is -4.63. The van der Waals surface area contributed by atoms with Crippen molar-refractivity contribution in [3.05, 3.63) is 54.1 Å². The van der Waals surface area contributed by atoms with Crippen LogP contribution in [0, 0.1) is 0 Å². The number of halogens is 3. The number of hydrogen-bond donors (Lipinski definition) is 1. The maximum absolute atomic E-state index is 13.0. The quantitative estimate of drug-likeness (QED) is 0.650. The van der Waals surface area contributed by atoms with Gasteiger partial charge in [-0.3, -0.25) is 9.69 Å². The van der Waals surface area contributed by atoms with Crippen molar-refractivity contribution in [2.45, 2.75) is 31.0 Å². The summed E-state index contributed by atoms with van der Waals surface area (Å²) >= 11 is 0. The smallest absolute Gasteiger partial charge is 0.416 e.